The first-order chi connectivity index (χ1) is 10.7. The van der Waals surface area contributed by atoms with Crippen LogP contribution in [0.5, 0.6) is 0 Å². The van der Waals surface area contributed by atoms with E-state index in [9.17, 15) is 4.79 Å². The van der Waals surface area contributed by atoms with Crippen molar-refractivity contribution in [2.24, 2.45) is 11.8 Å². The van der Waals surface area contributed by atoms with Gasteiger partial charge in [-0.3, -0.25) is 4.79 Å². The predicted octanol–water partition coefficient (Wildman–Crippen LogP) is 6.26. The monoisotopic (exact) mass is 320 g/mol. The summed E-state index contributed by atoms with van der Waals surface area (Å²) in [5.41, 5.74) is 3.06. The molecule has 0 N–H and O–H groups in total. The normalized spacial score (nSPS) is 12.0. The molecule has 1 atom stereocenters. The first-order valence-electron chi connectivity index (χ1n) is 8.47. The molecule has 0 aliphatic carbocycles. The first-order valence-corrected chi connectivity index (χ1v) is 8.47. The van der Waals surface area contributed by atoms with Gasteiger partial charge in [0.25, 0.3) is 0 Å². The quantitative estimate of drug-likeness (QED) is 0.284. The maximum atomic E-state index is 11.0. The van der Waals surface area contributed by atoms with Crippen LogP contribution >= 0.6 is 0 Å². The number of carbonyl (C=O) groups is 1. The molecule has 0 heterocycles. The van der Waals surface area contributed by atoms with Crippen molar-refractivity contribution in [3.05, 3.63) is 48.6 Å². The van der Waals surface area contributed by atoms with Gasteiger partial charge in [0.2, 0.25) is 0 Å². The molecule has 0 aromatic heterocycles. The molecule has 0 rings (SSSR count). The molecular formula is C21H36O2. The van der Waals surface area contributed by atoms with Crippen LogP contribution in [0.15, 0.2) is 48.6 Å². The van der Waals surface area contributed by atoms with E-state index >= 15 is 0 Å². The number of hydrogen-bond acceptors (Lipinski definition) is 2. The van der Waals surface area contributed by atoms with Crippen molar-refractivity contribution < 1.29 is 9.53 Å². The molecule has 0 radical (unpaired) electrons. The molecule has 0 amide bonds. The molecule has 132 valence electrons. The highest BCUT2D eigenvalue weighted by atomic mass is 16.5. The summed E-state index contributed by atoms with van der Waals surface area (Å²) in [4.78, 5) is 11.0. The predicted molar refractivity (Wildman–Crippen MR) is 102 cm³/mol. The van der Waals surface area contributed by atoms with Crippen LogP contribution in [-0.4, -0.2) is 12.6 Å². The van der Waals surface area contributed by atoms with Gasteiger partial charge in [0, 0.05) is 6.92 Å². The lowest BCUT2D eigenvalue weighted by molar-refractivity contribution is -0.139. The Balaban J connectivity index is 0. The van der Waals surface area contributed by atoms with Gasteiger partial charge in [-0.2, -0.15) is 0 Å². The van der Waals surface area contributed by atoms with Crippen LogP contribution in [0.1, 0.15) is 60.8 Å². The lowest BCUT2D eigenvalue weighted by Gasteiger charge is -2.16. The fourth-order valence-corrected chi connectivity index (χ4v) is 1.79. The van der Waals surface area contributed by atoms with Gasteiger partial charge in [-0.1, -0.05) is 65.0 Å². The Morgan fingerprint density at radius 3 is 2.09 bits per heavy atom. The van der Waals surface area contributed by atoms with Crippen molar-refractivity contribution in [1.82, 2.24) is 0 Å². The van der Waals surface area contributed by atoms with Gasteiger partial charge in [-0.25, -0.2) is 0 Å². The van der Waals surface area contributed by atoms with Crippen LogP contribution < -0.4 is 0 Å². The summed E-state index contributed by atoms with van der Waals surface area (Å²) in [6.07, 6.45) is 6.97. The first kappa shape index (κ1) is 23.7. The lowest BCUT2D eigenvalue weighted by Crippen LogP contribution is -2.06. The van der Waals surface area contributed by atoms with Crippen LogP contribution in [0.2, 0.25) is 0 Å². The van der Waals surface area contributed by atoms with Gasteiger partial charge in [-0.15, -0.1) is 6.58 Å². The van der Waals surface area contributed by atoms with Gasteiger partial charge in [0.05, 0.1) is 0 Å². The third-order valence-electron chi connectivity index (χ3n) is 3.48. The average Bonchev–Trinajstić information content (AvgIpc) is 2.48. The highest BCUT2D eigenvalue weighted by Crippen LogP contribution is 2.22. The molecule has 23 heavy (non-hydrogen) atoms. The minimum absolute atomic E-state index is 0.265. The van der Waals surface area contributed by atoms with Crippen LogP contribution in [0.4, 0.5) is 0 Å². The van der Waals surface area contributed by atoms with Crippen molar-refractivity contribution in [1.29, 1.82) is 0 Å². The van der Waals surface area contributed by atoms with Crippen molar-refractivity contribution in [2.45, 2.75) is 60.8 Å². The number of ether oxygens (including phenoxy) is 1. The van der Waals surface area contributed by atoms with Gasteiger partial charge in [-0.05, 0) is 42.7 Å². The molecule has 0 saturated carbocycles. The summed E-state index contributed by atoms with van der Waals surface area (Å²) in [6.45, 7) is 23.9. The summed E-state index contributed by atoms with van der Waals surface area (Å²) >= 11 is 0. The van der Waals surface area contributed by atoms with Crippen molar-refractivity contribution in [3.8, 4) is 0 Å². The molecular weight excluding hydrogens is 284 g/mol. The fraction of sp³-hybridized carbons (Fsp3) is 0.571. The van der Waals surface area contributed by atoms with Gasteiger partial charge in [0.15, 0.2) is 0 Å². The zero-order chi connectivity index (χ0) is 18.4. The second kappa shape index (κ2) is 14.0. The Hall–Kier alpha value is -1.57. The Morgan fingerprint density at radius 1 is 1.17 bits per heavy atom. The minimum atomic E-state index is -0.265. The van der Waals surface area contributed by atoms with E-state index in [0.29, 0.717) is 11.8 Å². The van der Waals surface area contributed by atoms with E-state index < -0.39 is 0 Å². The second-order valence-electron chi connectivity index (χ2n) is 6.26. The van der Waals surface area contributed by atoms with Crippen LogP contribution in [0, 0.1) is 11.8 Å². The van der Waals surface area contributed by atoms with E-state index in [0.717, 1.165) is 29.6 Å². The molecule has 0 fully saturated rings. The van der Waals surface area contributed by atoms with Crippen LogP contribution in [-0.2, 0) is 9.53 Å². The third kappa shape index (κ3) is 13.8. The SMILES string of the molecule is C=C(CC)/C(=C\C(=C)C(C)CCC(C)C)COC(C)=O.C=CC. The molecule has 0 spiro atoms. The zero-order valence-electron chi connectivity index (χ0n) is 16.1. The Kier molecular flexibility index (Phi) is 14.5. The van der Waals surface area contributed by atoms with E-state index in [1.165, 1.54) is 13.3 Å². The minimum Gasteiger partial charge on any atom is -0.461 e. The number of rotatable bonds is 9. The molecule has 0 saturated heterocycles. The molecule has 0 aromatic carbocycles. The standard InChI is InChI=1S/C18H30O2.C3H6/c1-8-14(4)18(12-20-17(7)19)11-16(6)15(5)10-9-13(2)3;1-3-2/h11,13,15H,4,6,8-10,12H2,1-3,5,7H3;3H,1H2,2H3/b18-11-;. The highest BCUT2D eigenvalue weighted by molar-refractivity contribution is 5.66. The van der Waals surface area contributed by atoms with E-state index in [1.54, 1.807) is 6.08 Å². The van der Waals surface area contributed by atoms with Gasteiger partial charge in [0.1, 0.15) is 6.61 Å². The number of carbonyl (C=O) groups excluding carboxylic acids is 1. The van der Waals surface area contributed by atoms with Crippen LogP contribution in [0.25, 0.3) is 0 Å². The smallest absolute Gasteiger partial charge is 0.302 e. The Morgan fingerprint density at radius 2 is 1.70 bits per heavy atom. The number of hydrogen-bond donors (Lipinski definition) is 0. The molecule has 1 unspecified atom stereocenters. The number of esters is 1. The molecule has 0 aliphatic rings. The molecule has 0 bridgehead atoms. The van der Waals surface area contributed by atoms with E-state index in [-0.39, 0.29) is 12.6 Å². The summed E-state index contributed by atoms with van der Waals surface area (Å²) in [6, 6.07) is 0. The largest absolute Gasteiger partial charge is 0.461 e. The summed E-state index contributed by atoms with van der Waals surface area (Å²) in [5.74, 6) is 0.882. The van der Waals surface area contributed by atoms with Crippen LogP contribution in [0.3, 0.4) is 0 Å². The van der Waals surface area contributed by atoms with E-state index in [1.807, 2.05) is 13.0 Å². The second-order valence-corrected chi connectivity index (χ2v) is 6.26. The highest BCUT2D eigenvalue weighted by Gasteiger charge is 2.09. The molecule has 0 aliphatic heterocycles. The molecule has 2 heteroatoms. The lowest BCUT2D eigenvalue weighted by atomic mass is 9.91. The molecule has 0 aromatic rings. The molecule has 2 nitrogen and oxygen atoms in total. The topological polar surface area (TPSA) is 26.3 Å². The van der Waals surface area contributed by atoms with E-state index in [4.69, 9.17) is 4.74 Å². The fourth-order valence-electron chi connectivity index (χ4n) is 1.79. The van der Waals surface area contributed by atoms with Crippen molar-refractivity contribution >= 4 is 5.97 Å². The van der Waals surface area contributed by atoms with Crippen molar-refractivity contribution in [2.75, 3.05) is 6.61 Å². The maximum Gasteiger partial charge on any atom is 0.302 e. The Labute approximate surface area is 144 Å². The summed E-state index contributed by atoms with van der Waals surface area (Å²) < 4.78 is 5.10. The number of allylic oxidation sites excluding steroid dienone is 3. The van der Waals surface area contributed by atoms with Crippen molar-refractivity contribution in [3.63, 3.8) is 0 Å². The summed E-state index contributed by atoms with van der Waals surface area (Å²) in [5, 5.41) is 0. The van der Waals surface area contributed by atoms with E-state index in [2.05, 4.69) is 47.4 Å². The Bertz CT molecular complexity index is 414. The zero-order valence-corrected chi connectivity index (χ0v) is 16.1. The van der Waals surface area contributed by atoms with Gasteiger partial charge >= 0.3 is 5.97 Å². The average molecular weight is 321 g/mol. The maximum absolute atomic E-state index is 11.0. The summed E-state index contributed by atoms with van der Waals surface area (Å²) in [7, 11) is 0. The van der Waals surface area contributed by atoms with Gasteiger partial charge < -0.3 is 4.74 Å². The third-order valence-corrected chi connectivity index (χ3v) is 3.48.